The summed E-state index contributed by atoms with van der Waals surface area (Å²) in [6.07, 6.45) is 1.82. The molecule has 10 heavy (non-hydrogen) atoms. The average Bonchev–Trinajstić information content (AvgIpc) is 1.97. The second kappa shape index (κ2) is 8.15. The fourth-order valence-corrected chi connectivity index (χ4v) is 0.887. The Kier molecular flexibility index (Phi) is 7.46. The highest BCUT2D eigenvalue weighted by Crippen LogP contribution is 2.01. The summed E-state index contributed by atoms with van der Waals surface area (Å²) in [6, 6.07) is 0. The molecule has 0 aromatic rings. The van der Waals surface area contributed by atoms with E-state index in [4.69, 9.17) is 10.8 Å². The molecule has 54 valence electrons. The quantitative estimate of drug-likeness (QED) is 0.201. The maximum Gasteiger partial charge on any atom is 0.133 e. The van der Waals surface area contributed by atoms with Gasteiger partial charge in [0.05, 0.1) is 0 Å². The molecule has 0 rings (SSSR count). The van der Waals surface area contributed by atoms with E-state index < -0.39 is 0 Å². The van der Waals surface area contributed by atoms with Crippen molar-refractivity contribution in [1.29, 1.82) is 5.26 Å². The van der Waals surface area contributed by atoms with Crippen LogP contribution in [-0.4, -0.2) is 12.3 Å². The zero-order chi connectivity index (χ0) is 7.66. The molecule has 0 aliphatic heterocycles. The van der Waals surface area contributed by atoms with Crippen LogP contribution in [0.15, 0.2) is 5.11 Å². The molecule has 0 spiro atoms. The standard InChI is InChI=1S/C5H8N4S/c6-5-10-4-2-1-3-8-9-7/h1-4H2. The largest absolute Gasteiger partial charge is 0.185 e. The molecule has 0 fully saturated rings. The predicted molar refractivity (Wildman–Crippen MR) is 41.3 cm³/mol. The number of thiocyanates is 1. The molecule has 0 N–H and O–H groups in total. The lowest BCUT2D eigenvalue weighted by Gasteiger charge is -1.89. The molecule has 0 amide bonds. The van der Waals surface area contributed by atoms with Crippen LogP contribution in [0.4, 0.5) is 0 Å². The number of hydrogen-bond acceptors (Lipinski definition) is 3. The molecule has 0 radical (unpaired) electrons. The van der Waals surface area contributed by atoms with Gasteiger partial charge in [-0.15, -0.1) is 0 Å². The number of nitriles is 1. The van der Waals surface area contributed by atoms with Gasteiger partial charge in [-0.25, -0.2) is 0 Å². The third-order valence-corrected chi connectivity index (χ3v) is 1.50. The SMILES string of the molecule is N#CSCCCCN=[N+]=[N-]. The molecule has 0 atom stereocenters. The summed E-state index contributed by atoms with van der Waals surface area (Å²) in [5.74, 6) is 0.831. The summed E-state index contributed by atoms with van der Waals surface area (Å²) in [5, 5.41) is 13.4. The third kappa shape index (κ3) is 7.15. The zero-order valence-corrected chi connectivity index (χ0v) is 6.34. The summed E-state index contributed by atoms with van der Waals surface area (Å²) >= 11 is 1.24. The Morgan fingerprint density at radius 2 is 2.40 bits per heavy atom. The molecule has 0 saturated heterocycles. The fraction of sp³-hybridized carbons (Fsp3) is 0.800. The monoisotopic (exact) mass is 156 g/mol. The second-order valence-corrected chi connectivity index (χ2v) is 2.48. The predicted octanol–water partition coefficient (Wildman–Crippen LogP) is 2.29. The minimum Gasteiger partial charge on any atom is -0.185 e. The molecule has 0 aliphatic rings. The van der Waals surface area contributed by atoms with Crippen molar-refractivity contribution in [2.24, 2.45) is 5.11 Å². The van der Waals surface area contributed by atoms with E-state index in [1.165, 1.54) is 11.8 Å². The Morgan fingerprint density at radius 1 is 1.60 bits per heavy atom. The van der Waals surface area contributed by atoms with Gasteiger partial charge >= 0.3 is 0 Å². The van der Waals surface area contributed by atoms with Gasteiger partial charge in [-0.1, -0.05) is 5.11 Å². The molecular weight excluding hydrogens is 148 g/mol. The van der Waals surface area contributed by atoms with Crippen molar-refractivity contribution >= 4 is 11.8 Å². The summed E-state index contributed by atoms with van der Waals surface area (Å²) in [7, 11) is 0. The zero-order valence-electron chi connectivity index (χ0n) is 5.53. The van der Waals surface area contributed by atoms with E-state index in [0.717, 1.165) is 18.6 Å². The van der Waals surface area contributed by atoms with Crippen molar-refractivity contribution in [2.75, 3.05) is 12.3 Å². The normalized spacial score (nSPS) is 7.90. The summed E-state index contributed by atoms with van der Waals surface area (Å²) < 4.78 is 0. The van der Waals surface area contributed by atoms with Crippen molar-refractivity contribution < 1.29 is 0 Å². The first-order chi connectivity index (χ1) is 4.91. The van der Waals surface area contributed by atoms with E-state index in [-0.39, 0.29) is 0 Å². The van der Waals surface area contributed by atoms with Gasteiger partial charge in [0, 0.05) is 17.2 Å². The van der Waals surface area contributed by atoms with Crippen LogP contribution < -0.4 is 0 Å². The van der Waals surface area contributed by atoms with Crippen molar-refractivity contribution in [3.05, 3.63) is 10.4 Å². The van der Waals surface area contributed by atoms with Gasteiger partial charge in [-0.3, -0.25) is 0 Å². The van der Waals surface area contributed by atoms with Crippen LogP contribution in [-0.2, 0) is 0 Å². The minimum absolute atomic E-state index is 0.544. The van der Waals surface area contributed by atoms with E-state index in [9.17, 15) is 0 Å². The van der Waals surface area contributed by atoms with Crippen molar-refractivity contribution in [3.63, 3.8) is 0 Å². The first-order valence-electron chi connectivity index (χ1n) is 2.93. The van der Waals surface area contributed by atoms with E-state index >= 15 is 0 Å². The van der Waals surface area contributed by atoms with Gasteiger partial charge in [0.1, 0.15) is 5.40 Å². The molecular formula is C5H8N4S. The van der Waals surface area contributed by atoms with Gasteiger partial charge in [0.25, 0.3) is 0 Å². The molecule has 0 aliphatic carbocycles. The summed E-state index contributed by atoms with van der Waals surface area (Å²) in [4.78, 5) is 2.61. The highest BCUT2D eigenvalue weighted by Gasteiger charge is 1.85. The Labute approximate surface area is 63.8 Å². The van der Waals surface area contributed by atoms with Gasteiger partial charge < -0.3 is 0 Å². The second-order valence-electron chi connectivity index (χ2n) is 1.60. The lowest BCUT2D eigenvalue weighted by atomic mass is 10.3. The van der Waals surface area contributed by atoms with Gasteiger partial charge in [0.15, 0.2) is 0 Å². The van der Waals surface area contributed by atoms with Gasteiger partial charge in [-0.05, 0) is 30.1 Å². The summed E-state index contributed by atoms with van der Waals surface area (Å²) in [6.45, 7) is 0.544. The smallest absolute Gasteiger partial charge is 0.133 e. The van der Waals surface area contributed by atoms with Crippen LogP contribution in [0.5, 0.6) is 0 Å². The highest BCUT2D eigenvalue weighted by molar-refractivity contribution is 8.03. The number of nitrogens with zero attached hydrogens (tertiary/aromatic N) is 4. The van der Waals surface area contributed by atoms with Crippen molar-refractivity contribution in [1.82, 2.24) is 0 Å². The Balaban J connectivity index is 2.92. The van der Waals surface area contributed by atoms with Gasteiger partial charge in [-0.2, -0.15) is 5.26 Å². The van der Waals surface area contributed by atoms with Crippen LogP contribution >= 0.6 is 11.8 Å². The topological polar surface area (TPSA) is 72.5 Å². The van der Waals surface area contributed by atoms with Crippen LogP contribution in [0.25, 0.3) is 10.4 Å². The van der Waals surface area contributed by atoms with Crippen molar-refractivity contribution in [3.8, 4) is 5.40 Å². The molecule has 0 bridgehead atoms. The number of unbranched alkanes of at least 4 members (excludes halogenated alkanes) is 1. The molecule has 0 saturated carbocycles. The lowest BCUT2D eigenvalue weighted by molar-refractivity contribution is 0.810. The molecule has 5 heteroatoms. The van der Waals surface area contributed by atoms with E-state index in [1.807, 2.05) is 5.40 Å². The number of rotatable bonds is 5. The summed E-state index contributed by atoms with van der Waals surface area (Å²) in [5.41, 5.74) is 7.87. The van der Waals surface area contributed by atoms with E-state index in [1.54, 1.807) is 0 Å². The number of azide groups is 1. The van der Waals surface area contributed by atoms with Crippen LogP contribution in [0, 0.1) is 10.7 Å². The van der Waals surface area contributed by atoms with E-state index in [2.05, 4.69) is 10.0 Å². The molecule has 0 aromatic heterocycles. The maximum atomic E-state index is 8.10. The number of thioether (sulfide) groups is 1. The molecule has 0 aromatic carbocycles. The molecule has 0 heterocycles. The van der Waals surface area contributed by atoms with Gasteiger partial charge in [0.2, 0.25) is 0 Å². The van der Waals surface area contributed by atoms with Crippen LogP contribution in [0.1, 0.15) is 12.8 Å². The first kappa shape index (κ1) is 9.15. The van der Waals surface area contributed by atoms with Crippen LogP contribution in [0.2, 0.25) is 0 Å². The fourth-order valence-electron chi connectivity index (χ4n) is 0.447. The van der Waals surface area contributed by atoms with Crippen LogP contribution in [0.3, 0.4) is 0 Å². The molecule has 0 unspecified atom stereocenters. The highest BCUT2D eigenvalue weighted by atomic mass is 32.2. The average molecular weight is 156 g/mol. The Bertz CT molecular complexity index is 156. The molecule has 4 nitrogen and oxygen atoms in total. The first-order valence-corrected chi connectivity index (χ1v) is 3.92. The Hall–Kier alpha value is -0.850. The maximum absolute atomic E-state index is 8.10. The Morgan fingerprint density at radius 3 is 3.00 bits per heavy atom. The third-order valence-electron chi connectivity index (χ3n) is 0.882. The van der Waals surface area contributed by atoms with E-state index in [0.29, 0.717) is 6.54 Å². The van der Waals surface area contributed by atoms with Crippen molar-refractivity contribution in [2.45, 2.75) is 12.8 Å². The lowest BCUT2D eigenvalue weighted by Crippen LogP contribution is -1.81. The number of hydrogen-bond donors (Lipinski definition) is 0. The minimum atomic E-state index is 0.544.